The molecule has 0 bridgehead atoms. The molecule has 1 aliphatic rings. The van der Waals surface area contributed by atoms with E-state index >= 15 is 0 Å². The number of fused-ring (bicyclic) bond motifs is 1. The Labute approximate surface area is 197 Å². The first-order valence-electron chi connectivity index (χ1n) is 10.1. The molecule has 0 unspecified atom stereocenters. The lowest BCUT2D eigenvalue weighted by Crippen LogP contribution is -2.06. The zero-order chi connectivity index (χ0) is 23.6. The number of carbonyl (C=O) groups is 1. The largest absolute Gasteiger partial charge is 0.490 e. The smallest absolute Gasteiger partial charge is 0.416 e. The minimum atomic E-state index is -4.48. The maximum Gasteiger partial charge on any atom is 0.416 e. The highest BCUT2D eigenvalue weighted by molar-refractivity contribution is 9.10. The van der Waals surface area contributed by atoms with E-state index in [4.69, 9.17) is 9.47 Å². The molecule has 0 fully saturated rings. The van der Waals surface area contributed by atoms with E-state index in [0.29, 0.717) is 35.8 Å². The van der Waals surface area contributed by atoms with E-state index in [1.807, 2.05) is 31.2 Å². The van der Waals surface area contributed by atoms with Crippen molar-refractivity contribution in [3.63, 3.8) is 0 Å². The van der Waals surface area contributed by atoms with Crippen LogP contribution in [0.4, 0.5) is 18.9 Å². The molecule has 3 aromatic carbocycles. The molecule has 0 saturated heterocycles. The monoisotopic (exact) mass is 517 g/mol. The van der Waals surface area contributed by atoms with E-state index in [-0.39, 0.29) is 11.3 Å². The Hall–Kier alpha value is -3.26. The summed E-state index contributed by atoms with van der Waals surface area (Å²) in [4.78, 5) is 12.4. The zero-order valence-electron chi connectivity index (χ0n) is 17.5. The van der Waals surface area contributed by atoms with Crippen LogP contribution in [0, 0.1) is 0 Å². The predicted molar refractivity (Wildman–Crippen MR) is 124 cm³/mol. The molecule has 0 radical (unpaired) electrons. The molecular weight excluding hydrogens is 499 g/mol. The van der Waals surface area contributed by atoms with Gasteiger partial charge in [0, 0.05) is 21.3 Å². The van der Waals surface area contributed by atoms with Crippen molar-refractivity contribution in [2.45, 2.75) is 19.7 Å². The highest BCUT2D eigenvalue weighted by atomic mass is 79.9. The number of hydrogen-bond acceptors (Lipinski definition) is 3. The van der Waals surface area contributed by atoms with Crippen LogP contribution in [0.3, 0.4) is 0 Å². The number of anilines is 1. The minimum Gasteiger partial charge on any atom is -0.490 e. The van der Waals surface area contributed by atoms with Gasteiger partial charge >= 0.3 is 6.18 Å². The van der Waals surface area contributed by atoms with Crippen molar-refractivity contribution < 1.29 is 27.4 Å². The number of rotatable bonds is 6. The normalized spacial score (nSPS) is 14.2. The van der Waals surface area contributed by atoms with Crippen molar-refractivity contribution in [3.8, 4) is 11.5 Å². The first-order valence-corrected chi connectivity index (χ1v) is 10.9. The van der Waals surface area contributed by atoms with Crippen LogP contribution in [0.15, 0.2) is 65.1 Å². The second-order valence-electron chi connectivity index (χ2n) is 7.32. The van der Waals surface area contributed by atoms with E-state index in [2.05, 4.69) is 21.2 Å². The number of nitrogens with one attached hydrogen (secondary N) is 1. The molecule has 0 aromatic heterocycles. The summed E-state index contributed by atoms with van der Waals surface area (Å²) in [6.07, 6.45) is -2.86. The van der Waals surface area contributed by atoms with Gasteiger partial charge in [-0.2, -0.15) is 13.2 Å². The second-order valence-corrected chi connectivity index (χ2v) is 8.24. The Morgan fingerprint density at radius 3 is 2.42 bits per heavy atom. The molecule has 170 valence electrons. The number of hydrogen-bond donors (Lipinski definition) is 1. The molecule has 1 amide bonds. The van der Waals surface area contributed by atoms with E-state index in [1.165, 1.54) is 6.07 Å². The van der Waals surface area contributed by atoms with E-state index in [9.17, 15) is 18.0 Å². The van der Waals surface area contributed by atoms with Gasteiger partial charge in [0.2, 0.25) is 0 Å². The van der Waals surface area contributed by atoms with Crippen LogP contribution >= 0.6 is 15.9 Å². The molecule has 4 rings (SSSR count). The summed E-state index contributed by atoms with van der Waals surface area (Å²) >= 11 is 3.40. The predicted octanol–water partition coefficient (Wildman–Crippen LogP) is 6.94. The number of halogens is 4. The van der Waals surface area contributed by atoms with Gasteiger partial charge in [-0.3, -0.25) is 4.79 Å². The summed E-state index contributed by atoms with van der Waals surface area (Å²) in [6, 6.07) is 16.2. The lowest BCUT2D eigenvalue weighted by Gasteiger charge is -2.13. The number of ether oxygens (including phenoxy) is 2. The van der Waals surface area contributed by atoms with Gasteiger partial charge in [-0.05, 0) is 60.5 Å². The molecule has 33 heavy (non-hydrogen) atoms. The van der Waals surface area contributed by atoms with Gasteiger partial charge in [0.05, 0.1) is 12.2 Å². The number of amides is 1. The van der Waals surface area contributed by atoms with Crippen LogP contribution in [0.25, 0.3) is 11.6 Å². The van der Waals surface area contributed by atoms with Gasteiger partial charge in [0.25, 0.3) is 5.91 Å². The lowest BCUT2D eigenvalue weighted by atomic mass is 10.0. The Balaban J connectivity index is 1.60. The standard InChI is InChI=1S/C25H19BrF3NO3/c1-2-32-23-12-16(5-10-22(23)33-14-15-3-7-18(26)8-4-15)11-20-19-9-6-17(25(27,28)29)13-21(19)30-24(20)31/h3-13H,2,14H2,1H3,(H,30,31)/b20-11+. The molecule has 8 heteroatoms. The summed E-state index contributed by atoms with van der Waals surface area (Å²) in [5.74, 6) is 0.598. The highest BCUT2D eigenvalue weighted by Crippen LogP contribution is 2.39. The Bertz CT molecular complexity index is 1220. The van der Waals surface area contributed by atoms with Crippen LogP contribution in [-0.2, 0) is 17.6 Å². The molecule has 0 spiro atoms. The Morgan fingerprint density at radius 2 is 1.73 bits per heavy atom. The maximum atomic E-state index is 13.0. The van der Waals surface area contributed by atoms with Gasteiger partial charge in [-0.25, -0.2) is 0 Å². The van der Waals surface area contributed by atoms with Gasteiger partial charge in [0.15, 0.2) is 11.5 Å². The molecular formula is C25H19BrF3NO3. The van der Waals surface area contributed by atoms with Gasteiger partial charge in [-0.1, -0.05) is 40.2 Å². The number of benzene rings is 3. The van der Waals surface area contributed by atoms with Crippen LogP contribution in [0.2, 0.25) is 0 Å². The third kappa shape index (κ3) is 5.22. The minimum absolute atomic E-state index is 0.139. The van der Waals surface area contributed by atoms with Crippen molar-refractivity contribution in [1.82, 2.24) is 0 Å². The van der Waals surface area contributed by atoms with Crippen LogP contribution in [0.5, 0.6) is 11.5 Å². The van der Waals surface area contributed by atoms with E-state index in [1.54, 1.807) is 24.3 Å². The molecule has 0 saturated carbocycles. The Morgan fingerprint density at radius 1 is 0.970 bits per heavy atom. The van der Waals surface area contributed by atoms with Crippen molar-refractivity contribution in [2.75, 3.05) is 11.9 Å². The molecule has 1 N–H and O–H groups in total. The van der Waals surface area contributed by atoms with Crippen LogP contribution in [-0.4, -0.2) is 12.5 Å². The van der Waals surface area contributed by atoms with Crippen LogP contribution < -0.4 is 14.8 Å². The van der Waals surface area contributed by atoms with Crippen molar-refractivity contribution in [2.24, 2.45) is 0 Å². The average molecular weight is 518 g/mol. The number of alkyl halides is 3. The van der Waals surface area contributed by atoms with Crippen molar-refractivity contribution in [1.29, 1.82) is 0 Å². The SMILES string of the molecule is CCOc1cc(/C=C2/C(=O)Nc3cc(C(F)(F)F)ccc32)ccc1OCc1ccc(Br)cc1. The van der Waals surface area contributed by atoms with Gasteiger partial charge in [-0.15, -0.1) is 0 Å². The summed E-state index contributed by atoms with van der Waals surface area (Å²) in [5, 5.41) is 2.51. The van der Waals surface area contributed by atoms with Gasteiger partial charge < -0.3 is 14.8 Å². The van der Waals surface area contributed by atoms with Crippen molar-refractivity contribution >= 4 is 39.2 Å². The van der Waals surface area contributed by atoms with E-state index < -0.39 is 17.6 Å². The molecule has 3 aromatic rings. The van der Waals surface area contributed by atoms with Crippen molar-refractivity contribution in [3.05, 3.63) is 87.4 Å². The molecule has 0 atom stereocenters. The number of carbonyl (C=O) groups excluding carboxylic acids is 1. The average Bonchev–Trinajstić information content (AvgIpc) is 3.08. The molecule has 4 nitrogen and oxygen atoms in total. The fourth-order valence-corrected chi connectivity index (χ4v) is 3.69. The summed E-state index contributed by atoms with van der Waals surface area (Å²) in [5.41, 5.74) is 1.68. The fraction of sp³-hybridized carbons (Fsp3) is 0.160. The first kappa shape index (κ1) is 22.9. The van der Waals surface area contributed by atoms with E-state index in [0.717, 1.165) is 22.2 Å². The summed E-state index contributed by atoms with van der Waals surface area (Å²) in [7, 11) is 0. The summed E-state index contributed by atoms with van der Waals surface area (Å²) in [6.45, 7) is 2.62. The Kier molecular flexibility index (Phi) is 6.47. The molecule has 1 aliphatic heterocycles. The maximum absolute atomic E-state index is 13.0. The third-order valence-electron chi connectivity index (χ3n) is 5.02. The molecule has 0 aliphatic carbocycles. The quantitative estimate of drug-likeness (QED) is 0.360. The summed E-state index contributed by atoms with van der Waals surface area (Å²) < 4.78 is 51.6. The topological polar surface area (TPSA) is 47.6 Å². The highest BCUT2D eigenvalue weighted by Gasteiger charge is 2.33. The lowest BCUT2D eigenvalue weighted by molar-refractivity contribution is -0.137. The fourth-order valence-electron chi connectivity index (χ4n) is 3.42. The molecule has 1 heterocycles. The zero-order valence-corrected chi connectivity index (χ0v) is 19.1. The second kappa shape index (κ2) is 9.31. The van der Waals surface area contributed by atoms with Crippen LogP contribution in [0.1, 0.15) is 29.2 Å². The first-order chi connectivity index (χ1) is 15.7. The third-order valence-corrected chi connectivity index (χ3v) is 5.54. The van der Waals surface area contributed by atoms with Gasteiger partial charge in [0.1, 0.15) is 6.61 Å².